The number of ether oxygens (including phenoxy) is 1. The summed E-state index contributed by atoms with van der Waals surface area (Å²) in [6, 6.07) is 27.7. The van der Waals surface area contributed by atoms with Gasteiger partial charge in [0, 0.05) is 11.4 Å². The molecular weight excluding hydrogens is 520 g/mol. The summed E-state index contributed by atoms with van der Waals surface area (Å²) in [5.74, 6) is -2.61. The molecule has 0 aromatic heterocycles. The summed E-state index contributed by atoms with van der Waals surface area (Å²) >= 11 is 1.33. The van der Waals surface area contributed by atoms with Crippen molar-refractivity contribution >= 4 is 23.6 Å². The topological polar surface area (TPSA) is 66.8 Å². The third-order valence-electron chi connectivity index (χ3n) is 6.06. The second-order valence-corrected chi connectivity index (χ2v) is 9.94. The SMILES string of the molecule is Cc1cc(SCC(=O)N(Cc2ccc(F)c(F)c2)C(c2ccccc2)c2ccccc2)ccc1OCC(=O)O. The molecule has 4 rings (SSSR count). The summed E-state index contributed by atoms with van der Waals surface area (Å²) in [5.41, 5.74) is 3.00. The molecular formula is C31H27F2NO4S. The number of amides is 1. The summed E-state index contributed by atoms with van der Waals surface area (Å²) in [4.78, 5) is 27.1. The molecule has 5 nitrogen and oxygen atoms in total. The van der Waals surface area contributed by atoms with E-state index in [1.165, 1.54) is 17.8 Å². The van der Waals surface area contributed by atoms with E-state index < -0.39 is 30.3 Å². The Labute approximate surface area is 230 Å². The van der Waals surface area contributed by atoms with E-state index in [1.54, 1.807) is 24.0 Å². The van der Waals surface area contributed by atoms with Crippen LogP contribution in [0.5, 0.6) is 5.75 Å². The number of hydrogen-bond acceptors (Lipinski definition) is 4. The first-order chi connectivity index (χ1) is 18.8. The van der Waals surface area contributed by atoms with Crippen molar-refractivity contribution in [3.63, 3.8) is 0 Å². The quantitative estimate of drug-likeness (QED) is 0.213. The highest BCUT2D eigenvalue weighted by atomic mass is 32.2. The first kappa shape index (κ1) is 27.9. The van der Waals surface area contributed by atoms with Crippen molar-refractivity contribution in [3.8, 4) is 5.75 Å². The lowest BCUT2D eigenvalue weighted by Crippen LogP contribution is -2.36. The molecule has 200 valence electrons. The second-order valence-electron chi connectivity index (χ2n) is 8.89. The number of carboxylic acids is 1. The van der Waals surface area contributed by atoms with Gasteiger partial charge in [-0.05, 0) is 59.5 Å². The van der Waals surface area contributed by atoms with Gasteiger partial charge in [0.15, 0.2) is 18.2 Å². The summed E-state index contributed by atoms with van der Waals surface area (Å²) in [6.45, 7) is 1.44. The molecule has 4 aromatic carbocycles. The van der Waals surface area contributed by atoms with E-state index in [-0.39, 0.29) is 18.2 Å². The molecule has 1 amide bonds. The highest BCUT2D eigenvalue weighted by Crippen LogP contribution is 2.32. The molecule has 0 radical (unpaired) electrons. The van der Waals surface area contributed by atoms with Crippen LogP contribution in [0.4, 0.5) is 8.78 Å². The molecule has 0 aliphatic rings. The van der Waals surface area contributed by atoms with E-state index >= 15 is 0 Å². The van der Waals surface area contributed by atoms with Gasteiger partial charge in [0.2, 0.25) is 5.91 Å². The minimum Gasteiger partial charge on any atom is -0.482 e. The number of aryl methyl sites for hydroxylation is 1. The van der Waals surface area contributed by atoms with Crippen LogP contribution in [0.2, 0.25) is 0 Å². The first-order valence-corrected chi connectivity index (χ1v) is 13.2. The van der Waals surface area contributed by atoms with E-state index in [0.717, 1.165) is 33.7 Å². The Morgan fingerprint density at radius 3 is 2.08 bits per heavy atom. The molecule has 0 fully saturated rings. The molecule has 39 heavy (non-hydrogen) atoms. The predicted octanol–water partition coefficient (Wildman–Crippen LogP) is 6.65. The van der Waals surface area contributed by atoms with Gasteiger partial charge < -0.3 is 14.7 Å². The lowest BCUT2D eigenvalue weighted by Gasteiger charge is -2.33. The van der Waals surface area contributed by atoms with Gasteiger partial charge in [-0.3, -0.25) is 4.79 Å². The van der Waals surface area contributed by atoms with Crippen LogP contribution >= 0.6 is 11.8 Å². The molecule has 0 saturated carbocycles. The molecule has 0 bridgehead atoms. The smallest absolute Gasteiger partial charge is 0.341 e. The lowest BCUT2D eigenvalue weighted by molar-refractivity contribution is -0.139. The van der Waals surface area contributed by atoms with Crippen LogP contribution in [0.25, 0.3) is 0 Å². The van der Waals surface area contributed by atoms with Crippen molar-refractivity contribution in [3.05, 3.63) is 131 Å². The van der Waals surface area contributed by atoms with Crippen molar-refractivity contribution in [2.24, 2.45) is 0 Å². The Hall–Kier alpha value is -4.17. The van der Waals surface area contributed by atoms with Crippen molar-refractivity contribution < 1.29 is 28.2 Å². The van der Waals surface area contributed by atoms with Gasteiger partial charge in [0.25, 0.3) is 0 Å². The van der Waals surface area contributed by atoms with Crippen LogP contribution in [-0.4, -0.2) is 34.2 Å². The van der Waals surface area contributed by atoms with Crippen LogP contribution in [-0.2, 0) is 16.1 Å². The Kier molecular flexibility index (Phi) is 9.33. The molecule has 4 aromatic rings. The fourth-order valence-electron chi connectivity index (χ4n) is 4.22. The number of thioether (sulfide) groups is 1. The van der Waals surface area contributed by atoms with Crippen molar-refractivity contribution in [1.82, 2.24) is 4.90 Å². The van der Waals surface area contributed by atoms with Crippen LogP contribution < -0.4 is 4.74 Å². The van der Waals surface area contributed by atoms with Crippen molar-refractivity contribution in [2.75, 3.05) is 12.4 Å². The fourth-order valence-corrected chi connectivity index (χ4v) is 5.10. The van der Waals surface area contributed by atoms with Gasteiger partial charge in [0.1, 0.15) is 5.75 Å². The van der Waals surface area contributed by atoms with Gasteiger partial charge in [-0.2, -0.15) is 0 Å². The Morgan fingerprint density at radius 2 is 1.51 bits per heavy atom. The molecule has 0 saturated heterocycles. The number of rotatable bonds is 11. The second kappa shape index (κ2) is 13.1. The van der Waals surface area contributed by atoms with E-state index in [4.69, 9.17) is 9.84 Å². The molecule has 0 unspecified atom stereocenters. The normalized spacial score (nSPS) is 10.9. The maximum atomic E-state index is 14.1. The number of hydrogen-bond donors (Lipinski definition) is 1. The maximum absolute atomic E-state index is 14.1. The van der Waals surface area contributed by atoms with Crippen molar-refractivity contribution in [1.29, 1.82) is 0 Å². The molecule has 0 heterocycles. The number of benzene rings is 4. The average molecular weight is 548 g/mol. The van der Waals surface area contributed by atoms with Crippen LogP contribution in [0.15, 0.2) is 102 Å². The number of carboxylic acid groups (broad SMARTS) is 1. The summed E-state index contributed by atoms with van der Waals surface area (Å²) in [5, 5.41) is 8.85. The molecule has 1 N–H and O–H groups in total. The summed E-state index contributed by atoms with van der Waals surface area (Å²) < 4.78 is 33.0. The third kappa shape index (κ3) is 7.45. The van der Waals surface area contributed by atoms with E-state index in [1.807, 2.05) is 66.7 Å². The standard InChI is InChI=1S/C31H27F2NO4S/c1-21-16-25(13-15-28(21)38-19-30(36)37)39-20-29(35)34(18-22-12-14-26(32)27(33)17-22)31(23-8-4-2-5-9-23)24-10-6-3-7-11-24/h2-17,31H,18-20H2,1H3,(H,36,37). The largest absolute Gasteiger partial charge is 0.482 e. The van der Waals surface area contributed by atoms with E-state index in [9.17, 15) is 18.4 Å². The molecule has 0 aliphatic carbocycles. The third-order valence-corrected chi connectivity index (χ3v) is 7.04. The first-order valence-electron chi connectivity index (χ1n) is 12.2. The fraction of sp³-hybridized carbons (Fsp3) is 0.161. The Balaban J connectivity index is 1.63. The number of aliphatic carboxylic acids is 1. The summed E-state index contributed by atoms with van der Waals surface area (Å²) in [7, 11) is 0. The summed E-state index contributed by atoms with van der Waals surface area (Å²) in [6.07, 6.45) is 0. The van der Waals surface area contributed by atoms with Crippen LogP contribution in [0.3, 0.4) is 0 Å². The monoisotopic (exact) mass is 547 g/mol. The van der Waals surface area contributed by atoms with E-state index in [2.05, 4.69) is 0 Å². The zero-order chi connectivity index (χ0) is 27.8. The zero-order valence-corrected chi connectivity index (χ0v) is 22.0. The van der Waals surface area contributed by atoms with Gasteiger partial charge in [0.05, 0.1) is 11.8 Å². The number of carbonyl (C=O) groups is 2. The van der Waals surface area contributed by atoms with Gasteiger partial charge in [-0.15, -0.1) is 11.8 Å². The number of nitrogens with zero attached hydrogens (tertiary/aromatic N) is 1. The minimum absolute atomic E-state index is 0.0754. The average Bonchev–Trinajstić information content (AvgIpc) is 2.94. The van der Waals surface area contributed by atoms with E-state index in [0.29, 0.717) is 11.3 Å². The highest BCUT2D eigenvalue weighted by Gasteiger charge is 2.27. The lowest BCUT2D eigenvalue weighted by atomic mass is 9.96. The predicted molar refractivity (Wildman–Crippen MR) is 147 cm³/mol. The van der Waals surface area contributed by atoms with Gasteiger partial charge in [-0.1, -0.05) is 66.7 Å². The molecule has 0 aliphatic heterocycles. The molecule has 0 atom stereocenters. The Bertz CT molecular complexity index is 1390. The highest BCUT2D eigenvalue weighted by molar-refractivity contribution is 8.00. The molecule has 0 spiro atoms. The maximum Gasteiger partial charge on any atom is 0.341 e. The van der Waals surface area contributed by atoms with Gasteiger partial charge in [-0.25, -0.2) is 13.6 Å². The zero-order valence-electron chi connectivity index (χ0n) is 21.2. The molecule has 8 heteroatoms. The van der Waals surface area contributed by atoms with Crippen LogP contribution in [0, 0.1) is 18.6 Å². The van der Waals surface area contributed by atoms with Gasteiger partial charge >= 0.3 is 5.97 Å². The van der Waals surface area contributed by atoms with Crippen molar-refractivity contribution in [2.45, 2.75) is 24.4 Å². The number of halogens is 2. The number of carbonyl (C=O) groups excluding carboxylic acids is 1. The Morgan fingerprint density at radius 1 is 0.872 bits per heavy atom. The van der Waals surface area contributed by atoms with Crippen LogP contribution in [0.1, 0.15) is 28.3 Å². The minimum atomic E-state index is -1.06.